The topological polar surface area (TPSA) is 68.3 Å². The summed E-state index contributed by atoms with van der Waals surface area (Å²) in [7, 11) is 1.64. The quantitative estimate of drug-likeness (QED) is 0.321. The molecule has 11 heavy (non-hydrogen) atoms. The molecule has 0 aromatic carbocycles. The molecule has 0 unspecified atom stereocenters. The van der Waals surface area contributed by atoms with Gasteiger partial charge in [0.1, 0.15) is 0 Å². The Hall–Kier alpha value is -0.610. The van der Waals surface area contributed by atoms with Crippen LogP contribution in [0.4, 0.5) is 0 Å². The van der Waals surface area contributed by atoms with Crippen LogP contribution in [0.3, 0.4) is 0 Å². The van der Waals surface area contributed by atoms with Gasteiger partial charge >= 0.3 is 0 Å². The van der Waals surface area contributed by atoms with Crippen LogP contribution in [0.2, 0.25) is 0 Å². The minimum Gasteiger partial charge on any atom is -0.388 e. The molecule has 66 valence electrons. The second kappa shape index (κ2) is 7.50. The molecule has 0 aliphatic carbocycles. The fraction of sp³-hybridized carbons (Fsp3) is 0.857. The normalized spacial score (nSPS) is 9.91. The van der Waals surface area contributed by atoms with Crippen LogP contribution >= 0.6 is 0 Å². The summed E-state index contributed by atoms with van der Waals surface area (Å²) in [6.45, 7) is 1.90. The first kappa shape index (κ1) is 10.4. The van der Waals surface area contributed by atoms with Gasteiger partial charge in [-0.1, -0.05) is 0 Å². The first-order valence-electron chi connectivity index (χ1n) is 3.67. The van der Waals surface area contributed by atoms with Gasteiger partial charge in [0.05, 0.1) is 19.0 Å². The lowest BCUT2D eigenvalue weighted by molar-refractivity contribution is 0.0701. The average Bonchev–Trinajstić information content (AvgIpc) is 1.96. The smallest absolute Gasteiger partial charge is 0.0906 e. The molecule has 0 radical (unpaired) electrons. The second-order valence-electron chi connectivity index (χ2n) is 2.23. The van der Waals surface area contributed by atoms with Gasteiger partial charge in [-0.25, -0.2) is 0 Å². The highest BCUT2D eigenvalue weighted by atomic mass is 16.5. The number of nitrogens with one attached hydrogen (secondary N) is 1. The number of hydrogen-bond acceptors (Lipinski definition) is 3. The minimum absolute atomic E-state index is 0.223. The van der Waals surface area contributed by atoms with Gasteiger partial charge in [-0.3, -0.25) is 5.41 Å². The van der Waals surface area contributed by atoms with Gasteiger partial charge in [0.25, 0.3) is 0 Å². The zero-order valence-corrected chi connectivity index (χ0v) is 6.93. The van der Waals surface area contributed by atoms with Crippen LogP contribution in [0.25, 0.3) is 0 Å². The molecule has 0 aromatic heterocycles. The standard InChI is InChI=1S/C7H16N2O2/c1-10-5-6-11-4-2-3-7(8)9/h2-6H2,1H3,(H3,8,9). The van der Waals surface area contributed by atoms with Crippen LogP contribution in [0.15, 0.2) is 0 Å². The molecule has 0 rings (SSSR count). The summed E-state index contributed by atoms with van der Waals surface area (Å²) in [6.07, 6.45) is 1.44. The van der Waals surface area contributed by atoms with Gasteiger partial charge in [-0.15, -0.1) is 0 Å². The van der Waals surface area contributed by atoms with Crippen LogP contribution in [-0.2, 0) is 9.47 Å². The van der Waals surface area contributed by atoms with Crippen molar-refractivity contribution in [3.63, 3.8) is 0 Å². The van der Waals surface area contributed by atoms with Gasteiger partial charge in [0.15, 0.2) is 0 Å². The lowest BCUT2D eigenvalue weighted by Gasteiger charge is -2.01. The van der Waals surface area contributed by atoms with Crippen molar-refractivity contribution in [1.29, 1.82) is 5.41 Å². The van der Waals surface area contributed by atoms with E-state index in [1.165, 1.54) is 0 Å². The lowest BCUT2D eigenvalue weighted by atomic mass is 10.3. The van der Waals surface area contributed by atoms with E-state index in [0.717, 1.165) is 6.42 Å². The molecular formula is C7H16N2O2. The zero-order valence-electron chi connectivity index (χ0n) is 6.93. The number of amidine groups is 1. The molecule has 0 aliphatic rings. The Morgan fingerprint density at radius 3 is 2.64 bits per heavy atom. The van der Waals surface area contributed by atoms with E-state index in [1.54, 1.807) is 7.11 Å². The van der Waals surface area contributed by atoms with Gasteiger partial charge in [-0.05, 0) is 6.42 Å². The SMILES string of the molecule is COCCOCCCC(=N)N. The second-order valence-corrected chi connectivity index (χ2v) is 2.23. The van der Waals surface area contributed by atoms with Crippen molar-refractivity contribution >= 4 is 5.84 Å². The Labute approximate surface area is 67.2 Å². The predicted molar refractivity (Wildman–Crippen MR) is 43.8 cm³/mol. The van der Waals surface area contributed by atoms with Gasteiger partial charge < -0.3 is 15.2 Å². The lowest BCUT2D eigenvalue weighted by Crippen LogP contribution is -2.11. The molecule has 0 fully saturated rings. The summed E-state index contributed by atoms with van der Waals surface area (Å²) >= 11 is 0. The van der Waals surface area contributed by atoms with Crippen LogP contribution in [0, 0.1) is 5.41 Å². The van der Waals surface area contributed by atoms with Crippen LogP contribution in [0.5, 0.6) is 0 Å². The molecule has 0 aliphatic heterocycles. The molecule has 4 heteroatoms. The van der Waals surface area contributed by atoms with Crippen LogP contribution in [-0.4, -0.2) is 32.8 Å². The maximum Gasteiger partial charge on any atom is 0.0906 e. The molecule has 3 N–H and O–H groups in total. The Balaban J connectivity index is 2.85. The maximum atomic E-state index is 6.91. The Morgan fingerprint density at radius 1 is 1.36 bits per heavy atom. The van der Waals surface area contributed by atoms with Gasteiger partial charge in [0.2, 0.25) is 0 Å². The fourth-order valence-corrected chi connectivity index (χ4v) is 0.609. The highest BCUT2D eigenvalue weighted by Crippen LogP contribution is 1.88. The largest absolute Gasteiger partial charge is 0.388 e. The summed E-state index contributed by atoms with van der Waals surface area (Å²) in [6, 6.07) is 0. The van der Waals surface area contributed by atoms with E-state index in [2.05, 4.69) is 0 Å². The Morgan fingerprint density at radius 2 is 2.09 bits per heavy atom. The molecule has 4 nitrogen and oxygen atoms in total. The molecule has 0 saturated carbocycles. The van der Waals surface area contributed by atoms with Crippen molar-refractivity contribution in [3.05, 3.63) is 0 Å². The third-order valence-electron chi connectivity index (χ3n) is 1.17. The van der Waals surface area contributed by atoms with Crippen molar-refractivity contribution in [2.24, 2.45) is 5.73 Å². The molecule has 0 saturated heterocycles. The van der Waals surface area contributed by atoms with E-state index in [4.69, 9.17) is 20.6 Å². The molecule has 0 spiro atoms. The number of hydrogen-bond donors (Lipinski definition) is 2. The van der Waals surface area contributed by atoms with E-state index in [9.17, 15) is 0 Å². The van der Waals surface area contributed by atoms with E-state index in [0.29, 0.717) is 26.2 Å². The fourth-order valence-electron chi connectivity index (χ4n) is 0.609. The van der Waals surface area contributed by atoms with Crippen molar-refractivity contribution in [2.45, 2.75) is 12.8 Å². The van der Waals surface area contributed by atoms with E-state index < -0.39 is 0 Å². The van der Waals surface area contributed by atoms with E-state index in [1.807, 2.05) is 0 Å². The molecule has 0 aromatic rings. The molecule has 0 atom stereocenters. The summed E-state index contributed by atoms with van der Waals surface area (Å²) in [5.41, 5.74) is 5.14. The monoisotopic (exact) mass is 160 g/mol. The van der Waals surface area contributed by atoms with Crippen molar-refractivity contribution < 1.29 is 9.47 Å². The summed E-state index contributed by atoms with van der Waals surface area (Å²) in [5.74, 6) is 0.223. The number of ether oxygens (including phenoxy) is 2. The van der Waals surface area contributed by atoms with E-state index >= 15 is 0 Å². The molecular weight excluding hydrogens is 144 g/mol. The highest BCUT2D eigenvalue weighted by molar-refractivity contribution is 5.76. The third kappa shape index (κ3) is 9.39. The number of rotatable bonds is 7. The molecule has 0 amide bonds. The van der Waals surface area contributed by atoms with Gasteiger partial charge in [0, 0.05) is 20.1 Å². The summed E-state index contributed by atoms with van der Waals surface area (Å²) < 4.78 is 9.92. The Bertz CT molecular complexity index is 107. The Kier molecular flexibility index (Phi) is 7.08. The zero-order chi connectivity index (χ0) is 8.53. The molecule has 0 bridgehead atoms. The number of nitrogens with two attached hydrogens (primary N) is 1. The van der Waals surface area contributed by atoms with Crippen LogP contribution in [0.1, 0.15) is 12.8 Å². The maximum absolute atomic E-state index is 6.91. The minimum atomic E-state index is 0.223. The predicted octanol–water partition coefficient (Wildman–Crippen LogP) is 0.366. The summed E-state index contributed by atoms with van der Waals surface area (Å²) in [4.78, 5) is 0. The number of methoxy groups -OCH3 is 1. The molecule has 0 heterocycles. The van der Waals surface area contributed by atoms with Crippen molar-refractivity contribution in [3.8, 4) is 0 Å². The van der Waals surface area contributed by atoms with Crippen molar-refractivity contribution in [2.75, 3.05) is 26.9 Å². The highest BCUT2D eigenvalue weighted by Gasteiger charge is 1.90. The van der Waals surface area contributed by atoms with Gasteiger partial charge in [-0.2, -0.15) is 0 Å². The van der Waals surface area contributed by atoms with E-state index in [-0.39, 0.29) is 5.84 Å². The third-order valence-corrected chi connectivity index (χ3v) is 1.17. The van der Waals surface area contributed by atoms with Crippen molar-refractivity contribution in [1.82, 2.24) is 0 Å². The van der Waals surface area contributed by atoms with Crippen LogP contribution < -0.4 is 5.73 Å². The average molecular weight is 160 g/mol. The first-order chi connectivity index (χ1) is 5.27. The summed E-state index contributed by atoms with van der Waals surface area (Å²) in [5, 5.41) is 6.91. The first-order valence-corrected chi connectivity index (χ1v) is 3.67.